The van der Waals surface area contributed by atoms with Gasteiger partial charge in [0, 0.05) is 16.7 Å². The van der Waals surface area contributed by atoms with E-state index in [9.17, 15) is 13.6 Å². The predicted octanol–water partition coefficient (Wildman–Crippen LogP) is 3.90. The Bertz CT molecular complexity index is 659. The minimum Gasteiger partial charge on any atom is -0.486 e. The minimum atomic E-state index is -1.18. The zero-order valence-corrected chi connectivity index (χ0v) is 10.8. The SMILES string of the molecule is O=C(O)c1cc(Cl)ccc1COc1cc(F)ccc1F. The van der Waals surface area contributed by atoms with E-state index in [1.165, 1.54) is 18.2 Å². The monoisotopic (exact) mass is 298 g/mol. The first-order valence-corrected chi connectivity index (χ1v) is 5.95. The lowest BCUT2D eigenvalue weighted by Gasteiger charge is -2.10. The number of rotatable bonds is 4. The quantitative estimate of drug-likeness (QED) is 0.931. The molecule has 0 aliphatic carbocycles. The lowest BCUT2D eigenvalue weighted by Crippen LogP contribution is -2.06. The molecule has 0 bridgehead atoms. The number of ether oxygens (including phenoxy) is 1. The van der Waals surface area contributed by atoms with Crippen LogP contribution in [0, 0.1) is 11.6 Å². The molecule has 0 radical (unpaired) electrons. The van der Waals surface area contributed by atoms with E-state index in [-0.39, 0.29) is 22.9 Å². The largest absolute Gasteiger partial charge is 0.486 e. The van der Waals surface area contributed by atoms with E-state index in [1.807, 2.05) is 0 Å². The molecule has 104 valence electrons. The van der Waals surface area contributed by atoms with E-state index in [0.717, 1.165) is 18.2 Å². The van der Waals surface area contributed by atoms with Gasteiger partial charge in [-0.25, -0.2) is 13.6 Å². The minimum absolute atomic E-state index is 0.0469. The number of carbonyl (C=O) groups is 1. The molecular weight excluding hydrogens is 290 g/mol. The van der Waals surface area contributed by atoms with Crippen molar-refractivity contribution in [2.24, 2.45) is 0 Å². The molecule has 2 aromatic rings. The van der Waals surface area contributed by atoms with Crippen LogP contribution in [0.1, 0.15) is 15.9 Å². The van der Waals surface area contributed by atoms with E-state index in [4.69, 9.17) is 21.4 Å². The summed E-state index contributed by atoms with van der Waals surface area (Å²) in [4.78, 5) is 11.1. The molecule has 20 heavy (non-hydrogen) atoms. The van der Waals surface area contributed by atoms with Gasteiger partial charge >= 0.3 is 5.97 Å². The van der Waals surface area contributed by atoms with E-state index in [0.29, 0.717) is 5.56 Å². The maximum Gasteiger partial charge on any atom is 0.336 e. The van der Waals surface area contributed by atoms with Crippen LogP contribution in [-0.4, -0.2) is 11.1 Å². The molecule has 0 saturated heterocycles. The Morgan fingerprint density at radius 1 is 1.20 bits per heavy atom. The third-order valence-corrected chi connectivity index (χ3v) is 2.81. The number of hydrogen-bond acceptors (Lipinski definition) is 2. The highest BCUT2D eigenvalue weighted by molar-refractivity contribution is 6.30. The van der Waals surface area contributed by atoms with Crippen molar-refractivity contribution in [3.63, 3.8) is 0 Å². The Labute approximate surface area is 118 Å². The first kappa shape index (κ1) is 14.3. The van der Waals surface area contributed by atoms with Crippen molar-refractivity contribution in [3.05, 3.63) is 64.2 Å². The van der Waals surface area contributed by atoms with E-state index in [1.54, 1.807) is 0 Å². The average Bonchev–Trinajstić information content (AvgIpc) is 2.40. The number of carboxylic acids is 1. The Balaban J connectivity index is 2.23. The fraction of sp³-hybridized carbons (Fsp3) is 0.0714. The van der Waals surface area contributed by atoms with Gasteiger partial charge in [0.1, 0.15) is 12.4 Å². The van der Waals surface area contributed by atoms with Crippen molar-refractivity contribution in [2.75, 3.05) is 0 Å². The Hall–Kier alpha value is -2.14. The van der Waals surface area contributed by atoms with Gasteiger partial charge < -0.3 is 9.84 Å². The molecule has 0 atom stereocenters. The molecule has 0 aliphatic rings. The van der Waals surface area contributed by atoms with Crippen molar-refractivity contribution >= 4 is 17.6 Å². The van der Waals surface area contributed by atoms with Crippen LogP contribution >= 0.6 is 11.6 Å². The van der Waals surface area contributed by atoms with Crippen LogP contribution in [-0.2, 0) is 6.61 Å². The van der Waals surface area contributed by atoms with Gasteiger partial charge in [0.15, 0.2) is 11.6 Å². The second kappa shape index (κ2) is 5.88. The van der Waals surface area contributed by atoms with E-state index in [2.05, 4.69) is 0 Å². The molecule has 0 unspecified atom stereocenters. The van der Waals surface area contributed by atoms with Crippen molar-refractivity contribution in [1.82, 2.24) is 0 Å². The first-order valence-electron chi connectivity index (χ1n) is 5.57. The summed E-state index contributed by atoms with van der Waals surface area (Å²) in [6.07, 6.45) is 0. The second-order valence-electron chi connectivity index (χ2n) is 3.97. The van der Waals surface area contributed by atoms with Crippen LogP contribution in [0.3, 0.4) is 0 Å². The molecule has 0 spiro atoms. The van der Waals surface area contributed by atoms with Crippen LogP contribution in [0.15, 0.2) is 36.4 Å². The highest BCUT2D eigenvalue weighted by Gasteiger charge is 2.12. The number of carboxylic acid groups (broad SMARTS) is 1. The maximum atomic E-state index is 13.4. The van der Waals surface area contributed by atoms with Crippen molar-refractivity contribution in [3.8, 4) is 5.75 Å². The van der Waals surface area contributed by atoms with Crippen molar-refractivity contribution in [2.45, 2.75) is 6.61 Å². The van der Waals surface area contributed by atoms with Crippen molar-refractivity contribution < 1.29 is 23.4 Å². The molecule has 0 saturated carbocycles. The molecule has 0 heterocycles. The highest BCUT2D eigenvalue weighted by Crippen LogP contribution is 2.22. The third-order valence-electron chi connectivity index (χ3n) is 2.58. The number of aromatic carboxylic acids is 1. The summed E-state index contributed by atoms with van der Waals surface area (Å²) in [6.45, 7) is -0.209. The zero-order chi connectivity index (χ0) is 14.7. The zero-order valence-electron chi connectivity index (χ0n) is 10.1. The van der Waals surface area contributed by atoms with Gasteiger partial charge in [-0.3, -0.25) is 0 Å². The van der Waals surface area contributed by atoms with Gasteiger partial charge in [0.2, 0.25) is 0 Å². The second-order valence-corrected chi connectivity index (χ2v) is 4.41. The topological polar surface area (TPSA) is 46.5 Å². The summed E-state index contributed by atoms with van der Waals surface area (Å²) in [7, 11) is 0. The lowest BCUT2D eigenvalue weighted by atomic mass is 10.1. The fourth-order valence-electron chi connectivity index (χ4n) is 1.62. The summed E-state index contributed by atoms with van der Waals surface area (Å²) < 4.78 is 31.5. The Kier molecular flexibility index (Phi) is 4.20. The Morgan fingerprint density at radius 3 is 2.65 bits per heavy atom. The summed E-state index contributed by atoms with van der Waals surface area (Å²) in [5.41, 5.74) is 0.264. The summed E-state index contributed by atoms with van der Waals surface area (Å²) in [5.74, 6) is -2.82. The number of hydrogen-bond donors (Lipinski definition) is 1. The first-order chi connectivity index (χ1) is 9.47. The average molecular weight is 299 g/mol. The fourth-order valence-corrected chi connectivity index (χ4v) is 1.79. The van der Waals surface area contributed by atoms with Crippen LogP contribution in [0.2, 0.25) is 5.02 Å². The van der Waals surface area contributed by atoms with Gasteiger partial charge in [-0.05, 0) is 24.3 Å². The maximum absolute atomic E-state index is 13.4. The number of benzene rings is 2. The Morgan fingerprint density at radius 2 is 1.95 bits per heavy atom. The highest BCUT2D eigenvalue weighted by atomic mass is 35.5. The molecule has 2 aromatic carbocycles. The van der Waals surface area contributed by atoms with E-state index < -0.39 is 17.6 Å². The van der Waals surface area contributed by atoms with Crippen LogP contribution in [0.4, 0.5) is 8.78 Å². The number of halogens is 3. The van der Waals surface area contributed by atoms with Gasteiger partial charge in [0.25, 0.3) is 0 Å². The smallest absolute Gasteiger partial charge is 0.336 e. The summed E-state index contributed by atoms with van der Waals surface area (Å²) >= 11 is 5.71. The molecule has 6 heteroatoms. The van der Waals surface area contributed by atoms with Crippen LogP contribution in [0.25, 0.3) is 0 Å². The molecule has 3 nitrogen and oxygen atoms in total. The molecule has 0 aliphatic heterocycles. The predicted molar refractivity (Wildman–Crippen MR) is 69.1 cm³/mol. The van der Waals surface area contributed by atoms with Crippen LogP contribution < -0.4 is 4.74 Å². The lowest BCUT2D eigenvalue weighted by molar-refractivity contribution is 0.0694. The van der Waals surface area contributed by atoms with Gasteiger partial charge in [-0.1, -0.05) is 17.7 Å². The van der Waals surface area contributed by atoms with Gasteiger partial charge in [0.05, 0.1) is 5.56 Å². The van der Waals surface area contributed by atoms with E-state index >= 15 is 0 Å². The van der Waals surface area contributed by atoms with Gasteiger partial charge in [-0.2, -0.15) is 0 Å². The van der Waals surface area contributed by atoms with Gasteiger partial charge in [-0.15, -0.1) is 0 Å². The molecule has 0 aromatic heterocycles. The molecule has 0 amide bonds. The van der Waals surface area contributed by atoms with Crippen molar-refractivity contribution in [1.29, 1.82) is 0 Å². The van der Waals surface area contributed by atoms with Crippen LogP contribution in [0.5, 0.6) is 5.75 Å². The molecule has 0 fully saturated rings. The standard InChI is InChI=1S/C14H9ClF2O3/c15-9-2-1-8(11(5-9)14(18)19)7-20-13-6-10(16)3-4-12(13)17/h1-6H,7H2,(H,18,19). The molecule has 1 N–H and O–H groups in total. The third kappa shape index (κ3) is 3.24. The molecular formula is C14H9ClF2O3. The normalized spacial score (nSPS) is 10.3. The molecule has 2 rings (SSSR count). The summed E-state index contributed by atoms with van der Waals surface area (Å²) in [5, 5.41) is 9.30. The summed E-state index contributed by atoms with van der Waals surface area (Å²) in [6, 6.07) is 7.02.